The molecule has 0 saturated carbocycles. The molecule has 21 heavy (non-hydrogen) atoms. The molecule has 0 heterocycles. The average Bonchev–Trinajstić information content (AvgIpc) is 2.42. The predicted octanol–water partition coefficient (Wildman–Crippen LogP) is 2.69. The first-order chi connectivity index (χ1) is 9.93. The highest BCUT2D eigenvalue weighted by Crippen LogP contribution is 2.19. The molecule has 0 saturated heterocycles. The summed E-state index contributed by atoms with van der Waals surface area (Å²) in [6.45, 7) is 4.67. The molecule has 5 heteroatoms. The molecular weight excluding hydrogens is 286 g/mol. The first-order valence-corrected chi connectivity index (χ1v) is 7.75. The monoisotopic (exact) mass is 311 g/mol. The third-order valence-electron chi connectivity index (χ3n) is 3.57. The number of nitrogens with one attached hydrogen (secondary N) is 1. The van der Waals surface area contributed by atoms with Crippen LogP contribution in [0.5, 0.6) is 5.75 Å². The maximum absolute atomic E-state index is 10.6. The van der Waals surface area contributed by atoms with Crippen molar-refractivity contribution in [2.75, 3.05) is 13.7 Å². The molecule has 1 aromatic carbocycles. The molecule has 0 aliphatic rings. The number of benzene rings is 1. The Kier molecular flexibility index (Phi) is 7.61. The fourth-order valence-electron chi connectivity index (χ4n) is 2.21. The maximum Gasteiger partial charge on any atom is 0.303 e. The van der Waals surface area contributed by atoms with Gasteiger partial charge in [0.1, 0.15) is 5.75 Å². The molecule has 0 amide bonds. The molecule has 118 valence electrons. The van der Waals surface area contributed by atoms with E-state index in [0.717, 1.165) is 23.3 Å². The maximum atomic E-state index is 10.6. The lowest BCUT2D eigenvalue weighted by Crippen LogP contribution is -2.34. The van der Waals surface area contributed by atoms with Crippen LogP contribution in [-0.2, 0) is 11.2 Å². The average molecular weight is 311 g/mol. The van der Waals surface area contributed by atoms with E-state index in [4.69, 9.17) is 9.84 Å². The fraction of sp³-hybridized carbons (Fsp3) is 0.562. The van der Waals surface area contributed by atoms with Gasteiger partial charge in [-0.15, -0.1) is 0 Å². The minimum Gasteiger partial charge on any atom is -0.494 e. The van der Waals surface area contributed by atoms with E-state index < -0.39 is 5.97 Å². The minimum absolute atomic E-state index is 0.157. The zero-order valence-electron chi connectivity index (χ0n) is 12.9. The van der Waals surface area contributed by atoms with E-state index in [1.807, 2.05) is 32.2 Å². The second-order valence-corrected chi connectivity index (χ2v) is 6.07. The highest BCUT2D eigenvalue weighted by Gasteiger charge is 2.11. The molecule has 0 bridgehead atoms. The smallest absolute Gasteiger partial charge is 0.303 e. The van der Waals surface area contributed by atoms with Crippen molar-refractivity contribution in [1.29, 1.82) is 0 Å². The van der Waals surface area contributed by atoms with Gasteiger partial charge in [-0.25, -0.2) is 0 Å². The predicted molar refractivity (Wildman–Crippen MR) is 88.5 cm³/mol. The molecule has 0 aromatic heterocycles. The number of aryl methyl sites for hydroxylation is 2. The molecule has 0 aliphatic carbocycles. The summed E-state index contributed by atoms with van der Waals surface area (Å²) in [6, 6.07) is 6.15. The van der Waals surface area contributed by atoms with Gasteiger partial charge < -0.3 is 15.2 Å². The normalized spacial score (nSPS) is 13.7. The van der Waals surface area contributed by atoms with Gasteiger partial charge in [-0.3, -0.25) is 4.79 Å². The summed E-state index contributed by atoms with van der Waals surface area (Å²) in [5.41, 5.74) is 2.13. The summed E-state index contributed by atoms with van der Waals surface area (Å²) in [4.78, 5) is 10.6. The number of rotatable bonds is 9. The van der Waals surface area contributed by atoms with Crippen LogP contribution in [-0.4, -0.2) is 36.0 Å². The second-order valence-electron chi connectivity index (χ2n) is 5.25. The van der Waals surface area contributed by atoms with Crippen molar-refractivity contribution >= 4 is 18.6 Å². The van der Waals surface area contributed by atoms with Crippen LogP contribution < -0.4 is 10.1 Å². The van der Waals surface area contributed by atoms with E-state index in [9.17, 15) is 4.79 Å². The van der Waals surface area contributed by atoms with Crippen LogP contribution in [0.2, 0.25) is 0 Å². The Balaban J connectivity index is 2.50. The number of hydrogen-bond acceptors (Lipinski definition) is 4. The van der Waals surface area contributed by atoms with Crippen LogP contribution in [0.3, 0.4) is 0 Å². The molecular formula is C16H25NO3S. The third-order valence-corrected chi connectivity index (χ3v) is 3.93. The molecule has 0 aliphatic heterocycles. The summed E-state index contributed by atoms with van der Waals surface area (Å²) >= 11 is 4.44. The van der Waals surface area contributed by atoms with E-state index in [1.165, 1.54) is 0 Å². The number of hydrogen-bond donors (Lipinski definition) is 3. The van der Waals surface area contributed by atoms with Crippen LogP contribution in [0, 0.1) is 6.92 Å². The Labute approximate surface area is 132 Å². The van der Waals surface area contributed by atoms with Gasteiger partial charge in [0.2, 0.25) is 0 Å². The van der Waals surface area contributed by atoms with E-state index in [-0.39, 0.29) is 11.7 Å². The molecule has 1 aromatic rings. The summed E-state index contributed by atoms with van der Waals surface area (Å²) in [5.74, 6) is 0.0574. The lowest BCUT2D eigenvalue weighted by atomic mass is 10.0. The first kappa shape index (κ1) is 17.9. The number of thiol groups is 1. The van der Waals surface area contributed by atoms with E-state index >= 15 is 0 Å². The van der Waals surface area contributed by atoms with Gasteiger partial charge in [-0.05, 0) is 50.1 Å². The number of ether oxygens (including phenoxy) is 1. The summed E-state index contributed by atoms with van der Waals surface area (Å²) in [5, 5.41) is 12.2. The summed E-state index contributed by atoms with van der Waals surface area (Å²) < 4.78 is 5.76. The Hall–Kier alpha value is -1.20. The molecule has 1 rings (SSSR count). The van der Waals surface area contributed by atoms with Crippen molar-refractivity contribution in [2.45, 2.75) is 44.4 Å². The molecule has 0 spiro atoms. The Morgan fingerprint density at radius 2 is 2.19 bits per heavy atom. The van der Waals surface area contributed by atoms with Crippen LogP contribution >= 0.6 is 12.6 Å². The minimum atomic E-state index is -0.770. The Morgan fingerprint density at radius 1 is 1.48 bits per heavy atom. The lowest BCUT2D eigenvalue weighted by molar-refractivity contribution is -0.136. The number of carbonyl (C=O) groups is 1. The zero-order valence-corrected chi connectivity index (χ0v) is 13.8. The SMILES string of the molecule is CNC(CCOc1ccc(CCC(=O)O)c(C)c1)C(C)S. The van der Waals surface area contributed by atoms with Gasteiger partial charge in [-0.1, -0.05) is 13.0 Å². The van der Waals surface area contributed by atoms with Crippen molar-refractivity contribution in [3.63, 3.8) is 0 Å². The van der Waals surface area contributed by atoms with Crippen molar-refractivity contribution in [1.82, 2.24) is 5.32 Å². The Morgan fingerprint density at radius 3 is 2.71 bits per heavy atom. The molecule has 4 nitrogen and oxygen atoms in total. The second kappa shape index (κ2) is 8.95. The molecule has 2 N–H and O–H groups in total. The van der Waals surface area contributed by atoms with Gasteiger partial charge >= 0.3 is 5.97 Å². The fourth-order valence-corrected chi connectivity index (χ4v) is 2.51. The van der Waals surface area contributed by atoms with Gasteiger partial charge in [0.05, 0.1) is 6.61 Å². The third kappa shape index (κ3) is 6.40. The van der Waals surface area contributed by atoms with Gasteiger partial charge in [0.15, 0.2) is 0 Å². The zero-order chi connectivity index (χ0) is 15.8. The molecule has 0 radical (unpaired) electrons. The quantitative estimate of drug-likeness (QED) is 0.614. The topological polar surface area (TPSA) is 58.6 Å². The standard InChI is InChI=1S/C16H25NO3S/c1-11-10-14(6-4-13(11)5-7-16(18)19)20-9-8-15(17-3)12(2)21/h4,6,10,12,15,17,21H,5,7-9H2,1-3H3,(H,18,19). The highest BCUT2D eigenvalue weighted by atomic mass is 32.1. The molecule has 2 atom stereocenters. The summed E-state index contributed by atoms with van der Waals surface area (Å²) in [6.07, 6.45) is 1.60. The van der Waals surface area contributed by atoms with Gasteiger partial charge in [0, 0.05) is 17.7 Å². The highest BCUT2D eigenvalue weighted by molar-refractivity contribution is 7.81. The summed E-state index contributed by atoms with van der Waals surface area (Å²) in [7, 11) is 1.93. The molecule has 0 fully saturated rings. The first-order valence-electron chi connectivity index (χ1n) is 7.23. The van der Waals surface area contributed by atoms with Crippen molar-refractivity contribution in [2.24, 2.45) is 0 Å². The van der Waals surface area contributed by atoms with Crippen molar-refractivity contribution < 1.29 is 14.6 Å². The van der Waals surface area contributed by atoms with Gasteiger partial charge in [-0.2, -0.15) is 12.6 Å². The lowest BCUT2D eigenvalue weighted by Gasteiger charge is -2.19. The Bertz CT molecular complexity index is 463. The van der Waals surface area contributed by atoms with Crippen LogP contribution in [0.4, 0.5) is 0 Å². The van der Waals surface area contributed by atoms with E-state index in [0.29, 0.717) is 19.1 Å². The molecule has 2 unspecified atom stereocenters. The van der Waals surface area contributed by atoms with Crippen LogP contribution in [0.1, 0.15) is 30.9 Å². The number of aliphatic carboxylic acids is 1. The number of carboxylic acid groups (broad SMARTS) is 1. The van der Waals surface area contributed by atoms with Crippen LogP contribution in [0.25, 0.3) is 0 Å². The van der Waals surface area contributed by atoms with Crippen molar-refractivity contribution in [3.8, 4) is 5.75 Å². The largest absolute Gasteiger partial charge is 0.494 e. The van der Waals surface area contributed by atoms with E-state index in [2.05, 4.69) is 24.9 Å². The van der Waals surface area contributed by atoms with E-state index in [1.54, 1.807) is 0 Å². The van der Waals surface area contributed by atoms with Crippen molar-refractivity contribution in [3.05, 3.63) is 29.3 Å². The number of carboxylic acids is 1. The van der Waals surface area contributed by atoms with Gasteiger partial charge in [0.25, 0.3) is 0 Å². The van der Waals surface area contributed by atoms with Crippen LogP contribution in [0.15, 0.2) is 18.2 Å².